The molecule has 0 saturated carbocycles. The third kappa shape index (κ3) is 5.00. The van der Waals surface area contributed by atoms with Crippen LogP contribution in [-0.4, -0.2) is 50.3 Å². The molecule has 0 bridgehead atoms. The summed E-state index contributed by atoms with van der Waals surface area (Å²) >= 11 is 0. The largest absolute Gasteiger partial charge is 0.455 e. The van der Waals surface area contributed by atoms with Crippen LogP contribution in [0.25, 0.3) is 0 Å². The van der Waals surface area contributed by atoms with Crippen LogP contribution in [0.4, 0.5) is 4.79 Å². The number of carbonyl (C=O) groups is 3. The summed E-state index contributed by atoms with van der Waals surface area (Å²) in [5, 5.41) is 1.78. The molecule has 3 amide bonds. The molecule has 0 spiro atoms. The van der Waals surface area contributed by atoms with E-state index in [-0.39, 0.29) is 18.0 Å². The van der Waals surface area contributed by atoms with Crippen molar-refractivity contribution in [1.82, 2.24) is 9.62 Å². The second kappa shape index (κ2) is 8.08. The van der Waals surface area contributed by atoms with Crippen LogP contribution in [0.3, 0.4) is 0 Å². The van der Waals surface area contributed by atoms with E-state index in [4.69, 9.17) is 10.5 Å². The number of carbonyl (C=O) groups excluding carboxylic acids is 3. The molecule has 0 unspecified atom stereocenters. The summed E-state index contributed by atoms with van der Waals surface area (Å²) in [6.07, 6.45) is 0.588. The van der Waals surface area contributed by atoms with Crippen LogP contribution in [0.1, 0.15) is 12.8 Å². The van der Waals surface area contributed by atoms with Gasteiger partial charge in [0.05, 0.1) is 10.8 Å². The number of esters is 1. The molecule has 1 aliphatic rings. The van der Waals surface area contributed by atoms with Gasteiger partial charge in [-0.3, -0.25) is 14.9 Å². The van der Waals surface area contributed by atoms with Crippen LogP contribution < -0.4 is 11.1 Å². The number of imide groups is 1. The fourth-order valence-corrected chi connectivity index (χ4v) is 3.99. The molecule has 1 aromatic carbocycles. The number of hydrogen-bond donors (Lipinski definition) is 2. The third-order valence-corrected chi connectivity index (χ3v) is 5.69. The van der Waals surface area contributed by atoms with Gasteiger partial charge in [0.15, 0.2) is 6.61 Å². The molecular weight excluding hydrogens is 350 g/mol. The second-order valence-electron chi connectivity index (χ2n) is 5.51. The molecule has 2 rings (SSSR count). The van der Waals surface area contributed by atoms with Gasteiger partial charge in [0.1, 0.15) is 0 Å². The van der Waals surface area contributed by atoms with Gasteiger partial charge in [-0.1, -0.05) is 18.2 Å². The zero-order valence-electron chi connectivity index (χ0n) is 13.4. The molecular formula is C15H19N3O6S. The first kappa shape index (κ1) is 18.9. The molecule has 0 aromatic heterocycles. The Balaban J connectivity index is 1.86. The predicted octanol–water partition coefficient (Wildman–Crippen LogP) is -0.175. The molecule has 1 aliphatic heterocycles. The first-order valence-electron chi connectivity index (χ1n) is 7.62. The summed E-state index contributed by atoms with van der Waals surface area (Å²) in [4.78, 5) is 33.8. The van der Waals surface area contributed by atoms with Crippen molar-refractivity contribution in [3.63, 3.8) is 0 Å². The first-order chi connectivity index (χ1) is 11.8. The number of sulfonamides is 1. The van der Waals surface area contributed by atoms with Crippen molar-refractivity contribution in [2.75, 3.05) is 19.7 Å². The van der Waals surface area contributed by atoms with E-state index in [0.717, 1.165) is 0 Å². The van der Waals surface area contributed by atoms with Crippen LogP contribution >= 0.6 is 0 Å². The van der Waals surface area contributed by atoms with Gasteiger partial charge >= 0.3 is 12.0 Å². The number of nitrogens with zero attached hydrogens (tertiary/aromatic N) is 1. The highest BCUT2D eigenvalue weighted by atomic mass is 32.2. The van der Waals surface area contributed by atoms with E-state index < -0.39 is 40.5 Å². The molecule has 1 saturated heterocycles. The van der Waals surface area contributed by atoms with Crippen molar-refractivity contribution in [3.8, 4) is 0 Å². The number of rotatable bonds is 5. The van der Waals surface area contributed by atoms with Crippen molar-refractivity contribution >= 4 is 27.9 Å². The van der Waals surface area contributed by atoms with Crippen molar-refractivity contribution in [2.45, 2.75) is 17.7 Å². The predicted molar refractivity (Wildman–Crippen MR) is 86.6 cm³/mol. The number of nitrogens with two attached hydrogens (primary N) is 1. The van der Waals surface area contributed by atoms with Crippen molar-refractivity contribution < 1.29 is 27.5 Å². The van der Waals surface area contributed by atoms with Gasteiger partial charge in [0, 0.05) is 13.1 Å². The first-order valence-corrected chi connectivity index (χ1v) is 9.06. The van der Waals surface area contributed by atoms with Crippen molar-refractivity contribution in [3.05, 3.63) is 30.3 Å². The van der Waals surface area contributed by atoms with Gasteiger partial charge in [-0.05, 0) is 25.0 Å². The van der Waals surface area contributed by atoms with Gasteiger partial charge in [-0.15, -0.1) is 0 Å². The quantitative estimate of drug-likeness (QED) is 0.691. The van der Waals surface area contributed by atoms with E-state index in [1.165, 1.54) is 16.4 Å². The number of piperidine rings is 1. The number of benzene rings is 1. The Morgan fingerprint density at radius 2 is 1.76 bits per heavy atom. The number of nitrogens with one attached hydrogen (secondary N) is 1. The maximum atomic E-state index is 12.5. The SMILES string of the molecule is NC(=O)NC(=O)COC(=O)C1CCN(S(=O)(=O)c2ccccc2)CC1. The standard InChI is InChI=1S/C15H19N3O6S/c16-15(21)17-13(19)10-24-14(20)11-6-8-18(9-7-11)25(22,23)12-4-2-1-3-5-12/h1-5,11H,6-10H2,(H3,16,17,19,21). The summed E-state index contributed by atoms with van der Waals surface area (Å²) in [5.41, 5.74) is 4.77. The van der Waals surface area contributed by atoms with Crippen molar-refractivity contribution in [2.24, 2.45) is 11.7 Å². The Hall–Kier alpha value is -2.46. The number of ether oxygens (including phenoxy) is 1. The van der Waals surface area contributed by atoms with Crippen LogP contribution in [0.15, 0.2) is 35.2 Å². The molecule has 0 atom stereocenters. The van der Waals surface area contributed by atoms with E-state index in [1.807, 2.05) is 0 Å². The monoisotopic (exact) mass is 369 g/mol. The topological polar surface area (TPSA) is 136 Å². The molecule has 1 aromatic rings. The second-order valence-corrected chi connectivity index (χ2v) is 7.45. The Morgan fingerprint density at radius 3 is 2.32 bits per heavy atom. The highest BCUT2D eigenvalue weighted by Crippen LogP contribution is 2.24. The molecule has 1 heterocycles. The minimum absolute atomic E-state index is 0.185. The third-order valence-electron chi connectivity index (χ3n) is 3.78. The van der Waals surface area contributed by atoms with E-state index in [2.05, 4.69) is 0 Å². The molecule has 25 heavy (non-hydrogen) atoms. The molecule has 0 radical (unpaired) electrons. The zero-order chi connectivity index (χ0) is 18.4. The minimum atomic E-state index is -3.58. The normalized spacial score (nSPS) is 16.2. The number of urea groups is 1. The summed E-state index contributed by atoms with van der Waals surface area (Å²) in [6, 6.07) is 7.04. The maximum Gasteiger partial charge on any atom is 0.318 e. The highest BCUT2D eigenvalue weighted by Gasteiger charge is 2.32. The average molecular weight is 369 g/mol. The Labute approximate surface area is 145 Å². The number of hydrogen-bond acceptors (Lipinski definition) is 6. The molecule has 0 aliphatic carbocycles. The fourth-order valence-electron chi connectivity index (χ4n) is 2.50. The zero-order valence-corrected chi connectivity index (χ0v) is 14.2. The van der Waals surface area contributed by atoms with Gasteiger partial charge < -0.3 is 10.5 Å². The van der Waals surface area contributed by atoms with E-state index >= 15 is 0 Å². The molecule has 9 nitrogen and oxygen atoms in total. The fraction of sp³-hybridized carbons (Fsp3) is 0.400. The molecule has 3 N–H and O–H groups in total. The summed E-state index contributed by atoms with van der Waals surface area (Å²) in [6.45, 7) is -0.237. The highest BCUT2D eigenvalue weighted by molar-refractivity contribution is 7.89. The van der Waals surface area contributed by atoms with Gasteiger partial charge in [0.2, 0.25) is 10.0 Å². The number of primary amides is 1. The summed E-state index contributed by atoms with van der Waals surface area (Å²) < 4.78 is 31.1. The minimum Gasteiger partial charge on any atom is -0.455 e. The summed E-state index contributed by atoms with van der Waals surface area (Å²) in [5.74, 6) is -1.91. The lowest BCUT2D eigenvalue weighted by Gasteiger charge is -2.30. The van der Waals surface area contributed by atoms with E-state index in [1.54, 1.807) is 23.5 Å². The van der Waals surface area contributed by atoms with Gasteiger partial charge in [0.25, 0.3) is 5.91 Å². The molecule has 10 heteroatoms. The van der Waals surface area contributed by atoms with Crippen LogP contribution in [0.2, 0.25) is 0 Å². The molecule has 136 valence electrons. The lowest BCUT2D eigenvalue weighted by Crippen LogP contribution is -2.41. The van der Waals surface area contributed by atoms with E-state index in [0.29, 0.717) is 12.8 Å². The van der Waals surface area contributed by atoms with Crippen LogP contribution in [-0.2, 0) is 24.3 Å². The average Bonchev–Trinajstić information content (AvgIpc) is 2.60. The summed E-state index contributed by atoms with van der Waals surface area (Å²) in [7, 11) is -3.58. The van der Waals surface area contributed by atoms with Crippen LogP contribution in [0.5, 0.6) is 0 Å². The van der Waals surface area contributed by atoms with E-state index in [9.17, 15) is 22.8 Å². The Kier molecular flexibility index (Phi) is 6.10. The Bertz CT molecular complexity index is 742. The smallest absolute Gasteiger partial charge is 0.318 e. The molecule has 1 fully saturated rings. The van der Waals surface area contributed by atoms with Gasteiger partial charge in [-0.2, -0.15) is 4.31 Å². The van der Waals surface area contributed by atoms with Crippen LogP contribution in [0, 0.1) is 5.92 Å². The lowest BCUT2D eigenvalue weighted by atomic mass is 9.98. The van der Waals surface area contributed by atoms with Crippen molar-refractivity contribution in [1.29, 1.82) is 0 Å². The maximum absolute atomic E-state index is 12.5. The Morgan fingerprint density at radius 1 is 1.16 bits per heavy atom. The number of amides is 3. The lowest BCUT2D eigenvalue weighted by molar-refractivity contribution is -0.153. The van der Waals surface area contributed by atoms with Gasteiger partial charge in [-0.25, -0.2) is 13.2 Å².